The number of aromatic nitrogens is 2. The fourth-order valence-corrected chi connectivity index (χ4v) is 5.05. The predicted molar refractivity (Wildman–Crippen MR) is 125 cm³/mol. The monoisotopic (exact) mass is 428 g/mol. The number of hydrogen-bond donors (Lipinski definition) is 1. The molecule has 1 amide bonds. The molecule has 0 bridgehead atoms. The fraction of sp³-hybridized carbons (Fsp3) is 0.625. The van der Waals surface area contributed by atoms with Crippen LogP contribution in [-0.2, 0) is 11.2 Å². The van der Waals surface area contributed by atoms with Gasteiger partial charge in [0, 0.05) is 44.0 Å². The average molecular weight is 429 g/mol. The highest BCUT2D eigenvalue weighted by Gasteiger charge is 2.23. The summed E-state index contributed by atoms with van der Waals surface area (Å²) in [6.45, 7) is 11.6. The predicted octanol–water partition coefficient (Wildman–Crippen LogP) is 4.92. The second-order valence-electron chi connectivity index (χ2n) is 9.96. The first-order valence-corrected chi connectivity index (χ1v) is 11.9. The maximum absolute atomic E-state index is 12.3. The van der Waals surface area contributed by atoms with Crippen molar-refractivity contribution < 1.29 is 4.79 Å². The van der Waals surface area contributed by atoms with Gasteiger partial charge in [0.2, 0.25) is 11.0 Å². The van der Waals surface area contributed by atoms with Crippen LogP contribution >= 0.6 is 11.5 Å². The summed E-state index contributed by atoms with van der Waals surface area (Å²) < 4.78 is 4.55. The topological polar surface area (TPSA) is 58.1 Å². The molecule has 1 aromatic carbocycles. The van der Waals surface area contributed by atoms with E-state index in [1.54, 1.807) is 0 Å². The summed E-state index contributed by atoms with van der Waals surface area (Å²) in [4.78, 5) is 19.4. The lowest BCUT2D eigenvalue weighted by Crippen LogP contribution is -2.39. The van der Waals surface area contributed by atoms with Gasteiger partial charge < -0.3 is 10.2 Å². The number of carbonyl (C=O) groups is 1. The Labute approximate surface area is 185 Å². The Bertz CT molecular complexity index is 791. The Balaban J connectivity index is 1.38. The van der Waals surface area contributed by atoms with Gasteiger partial charge in [-0.1, -0.05) is 58.0 Å². The van der Waals surface area contributed by atoms with Gasteiger partial charge in [-0.15, -0.1) is 0 Å². The molecular weight excluding hydrogens is 392 g/mol. The number of hydrogen-bond acceptors (Lipinski definition) is 5. The first-order chi connectivity index (χ1) is 14.3. The molecule has 1 unspecified atom stereocenters. The van der Waals surface area contributed by atoms with E-state index in [4.69, 9.17) is 4.98 Å². The van der Waals surface area contributed by atoms with Crippen LogP contribution in [0.5, 0.6) is 0 Å². The number of rotatable bonds is 8. The van der Waals surface area contributed by atoms with Gasteiger partial charge in [0.15, 0.2) is 0 Å². The molecule has 5 nitrogen and oxygen atoms in total. The number of carbonyl (C=O) groups excluding carboxylic acids is 1. The minimum atomic E-state index is 0.198. The molecule has 0 spiro atoms. The third kappa shape index (κ3) is 7.38. The van der Waals surface area contributed by atoms with Crippen molar-refractivity contribution in [1.82, 2.24) is 14.7 Å². The minimum Gasteiger partial charge on any atom is -0.356 e. The Kier molecular flexibility index (Phi) is 7.87. The summed E-state index contributed by atoms with van der Waals surface area (Å²) in [5.74, 6) is 2.08. The first kappa shape index (κ1) is 22.7. The Morgan fingerprint density at radius 2 is 1.93 bits per heavy atom. The van der Waals surface area contributed by atoms with E-state index < -0.39 is 0 Å². The lowest BCUT2D eigenvalue weighted by Gasteiger charge is -2.31. The van der Waals surface area contributed by atoms with Gasteiger partial charge in [-0.25, -0.2) is 4.98 Å². The van der Waals surface area contributed by atoms with Crippen LogP contribution in [0.25, 0.3) is 0 Å². The van der Waals surface area contributed by atoms with Crippen molar-refractivity contribution in [2.24, 2.45) is 17.3 Å². The molecule has 2 heterocycles. The van der Waals surface area contributed by atoms with Crippen LogP contribution in [-0.4, -0.2) is 34.9 Å². The molecule has 0 radical (unpaired) electrons. The van der Waals surface area contributed by atoms with E-state index in [0.29, 0.717) is 18.3 Å². The van der Waals surface area contributed by atoms with E-state index in [2.05, 4.69) is 66.6 Å². The minimum absolute atomic E-state index is 0.198. The quantitative estimate of drug-likeness (QED) is 0.648. The van der Waals surface area contributed by atoms with Crippen molar-refractivity contribution in [2.45, 2.75) is 59.8 Å². The summed E-state index contributed by atoms with van der Waals surface area (Å²) in [5, 5.41) is 4.20. The Hall–Kier alpha value is -1.95. The van der Waals surface area contributed by atoms with Gasteiger partial charge in [0.05, 0.1) is 0 Å². The van der Waals surface area contributed by atoms with E-state index in [1.165, 1.54) is 17.1 Å². The Morgan fingerprint density at radius 1 is 1.23 bits per heavy atom. The molecule has 0 aliphatic carbocycles. The lowest BCUT2D eigenvalue weighted by atomic mass is 9.84. The third-order valence-electron chi connectivity index (χ3n) is 5.63. The second kappa shape index (κ2) is 10.4. The largest absolute Gasteiger partial charge is 0.356 e. The van der Waals surface area contributed by atoms with E-state index in [9.17, 15) is 4.79 Å². The molecule has 3 rings (SSSR count). The molecule has 1 aromatic heterocycles. The van der Waals surface area contributed by atoms with Crippen molar-refractivity contribution in [1.29, 1.82) is 0 Å². The number of anilines is 1. The van der Waals surface area contributed by atoms with E-state index in [-0.39, 0.29) is 11.3 Å². The van der Waals surface area contributed by atoms with Crippen molar-refractivity contribution in [3.8, 4) is 0 Å². The average Bonchev–Trinajstić information content (AvgIpc) is 3.14. The highest BCUT2D eigenvalue weighted by atomic mass is 32.1. The molecule has 164 valence electrons. The van der Waals surface area contributed by atoms with Gasteiger partial charge in [0.1, 0.15) is 5.82 Å². The van der Waals surface area contributed by atoms with Crippen LogP contribution in [0.15, 0.2) is 30.3 Å². The zero-order chi connectivity index (χ0) is 21.6. The van der Waals surface area contributed by atoms with Crippen molar-refractivity contribution >= 4 is 22.6 Å². The fourth-order valence-electron chi connectivity index (χ4n) is 4.32. The molecule has 1 fully saturated rings. The third-order valence-corrected chi connectivity index (χ3v) is 6.44. The highest BCUT2D eigenvalue weighted by Crippen LogP contribution is 2.27. The van der Waals surface area contributed by atoms with Crippen LogP contribution in [0.1, 0.15) is 64.8 Å². The molecule has 30 heavy (non-hydrogen) atoms. The number of nitrogens with one attached hydrogen (secondary N) is 1. The van der Waals surface area contributed by atoms with Crippen molar-refractivity contribution in [3.05, 3.63) is 41.7 Å². The van der Waals surface area contributed by atoms with Crippen LogP contribution in [0.4, 0.5) is 5.13 Å². The van der Waals surface area contributed by atoms with E-state index in [1.807, 2.05) is 6.07 Å². The van der Waals surface area contributed by atoms with Gasteiger partial charge in [-0.2, -0.15) is 4.37 Å². The highest BCUT2D eigenvalue weighted by molar-refractivity contribution is 7.09. The zero-order valence-corrected chi connectivity index (χ0v) is 19.7. The van der Waals surface area contributed by atoms with Gasteiger partial charge in [-0.05, 0) is 42.1 Å². The molecule has 0 saturated carbocycles. The molecular formula is C24H36N4OS. The maximum Gasteiger partial charge on any atom is 0.220 e. The van der Waals surface area contributed by atoms with Crippen LogP contribution in [0, 0.1) is 17.3 Å². The summed E-state index contributed by atoms with van der Waals surface area (Å²) in [5.41, 5.74) is 1.52. The molecule has 1 aliphatic heterocycles. The molecule has 6 heteroatoms. The second-order valence-corrected chi connectivity index (χ2v) is 10.7. The number of piperidine rings is 1. The maximum atomic E-state index is 12.3. The van der Waals surface area contributed by atoms with Crippen molar-refractivity contribution in [2.75, 3.05) is 24.5 Å². The Morgan fingerprint density at radius 3 is 2.60 bits per heavy atom. The molecule has 1 atom stereocenters. The first-order valence-electron chi connectivity index (χ1n) is 11.2. The normalized spacial score (nSPS) is 16.5. The molecule has 1 saturated heterocycles. The lowest BCUT2D eigenvalue weighted by molar-refractivity contribution is -0.122. The molecule has 1 N–H and O–H groups in total. The van der Waals surface area contributed by atoms with Gasteiger partial charge in [0.25, 0.3) is 0 Å². The standard InChI is InChI=1S/C24H36N4OS/c1-18(16-24(2,3)4)14-22(29)25-17-20-10-12-28(13-11-20)23-26-21(27-30-23)15-19-8-6-5-7-9-19/h5-9,18,20H,10-17H2,1-4H3,(H,25,29). The SMILES string of the molecule is CC(CC(=O)NCC1CCN(c2nc(Cc3ccccc3)ns2)CC1)CC(C)(C)C. The number of nitrogens with zero attached hydrogens (tertiary/aromatic N) is 3. The smallest absolute Gasteiger partial charge is 0.220 e. The summed E-state index contributed by atoms with van der Waals surface area (Å²) in [6, 6.07) is 10.4. The van der Waals surface area contributed by atoms with Gasteiger partial charge in [-0.3, -0.25) is 4.79 Å². The van der Waals surface area contributed by atoms with Gasteiger partial charge >= 0.3 is 0 Å². The summed E-state index contributed by atoms with van der Waals surface area (Å²) >= 11 is 1.50. The van der Waals surface area contributed by atoms with Crippen LogP contribution in [0.2, 0.25) is 0 Å². The summed E-state index contributed by atoms with van der Waals surface area (Å²) in [7, 11) is 0. The number of amides is 1. The molecule has 2 aromatic rings. The summed E-state index contributed by atoms with van der Waals surface area (Å²) in [6.07, 6.45) is 4.67. The van der Waals surface area contributed by atoms with Crippen LogP contribution < -0.4 is 10.2 Å². The van der Waals surface area contributed by atoms with E-state index >= 15 is 0 Å². The van der Waals surface area contributed by atoms with Crippen LogP contribution in [0.3, 0.4) is 0 Å². The number of benzene rings is 1. The zero-order valence-electron chi connectivity index (χ0n) is 18.9. The van der Waals surface area contributed by atoms with E-state index in [0.717, 1.165) is 56.3 Å². The van der Waals surface area contributed by atoms with Crippen molar-refractivity contribution in [3.63, 3.8) is 0 Å². The molecule has 1 aliphatic rings.